The molecule has 3 N–H and O–H groups in total. The van der Waals surface area contributed by atoms with Crippen LogP contribution in [0.5, 0.6) is 5.75 Å². The number of benzene rings is 1. The summed E-state index contributed by atoms with van der Waals surface area (Å²) in [6.45, 7) is 0.370. The molecule has 0 saturated carbocycles. The van der Waals surface area contributed by atoms with E-state index in [9.17, 15) is 5.11 Å². The van der Waals surface area contributed by atoms with Gasteiger partial charge in [-0.15, -0.1) is 0 Å². The Morgan fingerprint density at radius 2 is 2.31 bits per heavy atom. The number of ether oxygens (including phenoxy) is 1. The van der Waals surface area contributed by atoms with E-state index in [1.54, 1.807) is 19.2 Å². The van der Waals surface area contributed by atoms with E-state index in [1.807, 2.05) is 0 Å². The van der Waals surface area contributed by atoms with Gasteiger partial charge in [0.15, 0.2) is 0 Å². The summed E-state index contributed by atoms with van der Waals surface area (Å²) in [7, 11) is 1.56. The fraction of sp³-hybridized carbons (Fsp3) is 0.333. The molecule has 1 atom stereocenters. The van der Waals surface area contributed by atoms with Crippen LogP contribution in [0.1, 0.15) is 11.6 Å². The number of nitrogens with two attached hydrogens (primary N) is 1. The average Bonchev–Trinajstić information content (AvgIpc) is 2.04. The highest BCUT2D eigenvalue weighted by Gasteiger charge is 2.10. The summed E-state index contributed by atoms with van der Waals surface area (Å²) in [6.07, 6.45) is 0. The third-order valence-corrected chi connectivity index (χ3v) is 1.97. The van der Waals surface area contributed by atoms with E-state index in [2.05, 4.69) is 0 Å². The van der Waals surface area contributed by atoms with Crippen LogP contribution in [-0.4, -0.2) is 18.8 Å². The first-order valence-electron chi connectivity index (χ1n) is 3.88. The number of hydrogen-bond acceptors (Lipinski definition) is 3. The molecule has 1 aromatic rings. The summed E-state index contributed by atoms with van der Waals surface area (Å²) in [5.41, 5.74) is 6.37. The second kappa shape index (κ2) is 4.46. The van der Waals surface area contributed by atoms with Gasteiger partial charge in [0.05, 0.1) is 12.6 Å². The van der Waals surface area contributed by atoms with Crippen LogP contribution in [0.4, 0.5) is 0 Å². The normalized spacial score (nSPS) is 12.8. The minimum Gasteiger partial charge on any atom is -0.508 e. The second-order valence-electron chi connectivity index (χ2n) is 2.76. The zero-order valence-corrected chi connectivity index (χ0v) is 8.08. The molecular formula is C9H12ClNO2. The molecule has 0 heterocycles. The molecule has 1 unspecified atom stereocenters. The lowest BCUT2D eigenvalue weighted by atomic mass is 10.1. The Hall–Kier alpha value is -0.770. The highest BCUT2D eigenvalue weighted by atomic mass is 35.5. The van der Waals surface area contributed by atoms with E-state index in [0.29, 0.717) is 17.2 Å². The largest absolute Gasteiger partial charge is 0.508 e. The maximum atomic E-state index is 9.47. The summed E-state index contributed by atoms with van der Waals surface area (Å²) in [5.74, 6) is 0.108. The molecule has 0 amide bonds. The minimum absolute atomic E-state index is 0.108. The number of phenolic OH excluding ortho intramolecular Hbond substituents is 1. The Kier molecular flexibility index (Phi) is 3.54. The van der Waals surface area contributed by atoms with Crippen LogP contribution in [0.3, 0.4) is 0 Å². The van der Waals surface area contributed by atoms with Gasteiger partial charge in [-0.2, -0.15) is 0 Å². The maximum Gasteiger partial charge on any atom is 0.121 e. The van der Waals surface area contributed by atoms with Gasteiger partial charge in [0, 0.05) is 17.7 Å². The zero-order chi connectivity index (χ0) is 9.84. The van der Waals surface area contributed by atoms with Gasteiger partial charge in [-0.05, 0) is 12.1 Å². The third kappa shape index (κ3) is 2.59. The Morgan fingerprint density at radius 3 is 2.85 bits per heavy atom. The van der Waals surface area contributed by atoms with Crippen molar-refractivity contribution in [1.82, 2.24) is 0 Å². The summed E-state index contributed by atoms with van der Waals surface area (Å²) in [4.78, 5) is 0. The molecule has 0 aliphatic rings. The second-order valence-corrected chi connectivity index (χ2v) is 3.20. The van der Waals surface area contributed by atoms with Gasteiger partial charge in [-0.25, -0.2) is 0 Å². The molecule has 72 valence electrons. The van der Waals surface area contributed by atoms with Crippen molar-refractivity contribution in [1.29, 1.82) is 0 Å². The highest BCUT2D eigenvalue weighted by Crippen LogP contribution is 2.26. The molecule has 0 saturated heterocycles. The quantitative estimate of drug-likeness (QED) is 0.783. The Labute approximate surface area is 82.1 Å². The van der Waals surface area contributed by atoms with Gasteiger partial charge in [0.2, 0.25) is 0 Å². The topological polar surface area (TPSA) is 55.5 Å². The Balaban J connectivity index is 2.88. The number of methoxy groups -OCH3 is 1. The van der Waals surface area contributed by atoms with Crippen LogP contribution in [0.25, 0.3) is 0 Å². The fourth-order valence-corrected chi connectivity index (χ4v) is 1.27. The smallest absolute Gasteiger partial charge is 0.121 e. The van der Waals surface area contributed by atoms with Crippen LogP contribution in [0.15, 0.2) is 18.2 Å². The maximum absolute atomic E-state index is 9.47. The number of rotatable bonds is 3. The summed E-state index contributed by atoms with van der Waals surface area (Å²) in [5, 5.41) is 9.96. The van der Waals surface area contributed by atoms with Gasteiger partial charge in [0.1, 0.15) is 5.75 Å². The van der Waals surface area contributed by atoms with Crippen molar-refractivity contribution in [2.24, 2.45) is 5.73 Å². The first kappa shape index (κ1) is 10.3. The lowest BCUT2D eigenvalue weighted by molar-refractivity contribution is 0.180. The molecule has 1 rings (SSSR count). The minimum atomic E-state index is -0.317. The van der Waals surface area contributed by atoms with E-state index in [1.165, 1.54) is 6.07 Å². The van der Waals surface area contributed by atoms with Crippen LogP contribution >= 0.6 is 11.6 Å². The number of aromatic hydroxyl groups is 1. The number of hydrogen-bond donors (Lipinski definition) is 2. The molecule has 0 aliphatic heterocycles. The first-order valence-corrected chi connectivity index (χ1v) is 4.26. The standard InChI is InChI=1S/C9H12ClNO2/c1-13-5-8(11)7-3-2-6(10)4-9(7)12/h2-4,8,12H,5,11H2,1H3. The predicted molar refractivity (Wildman–Crippen MR) is 51.9 cm³/mol. The molecule has 13 heavy (non-hydrogen) atoms. The van der Waals surface area contributed by atoms with Gasteiger partial charge in [-0.1, -0.05) is 17.7 Å². The molecule has 3 nitrogen and oxygen atoms in total. The molecule has 0 aromatic heterocycles. The fourth-order valence-electron chi connectivity index (χ4n) is 1.10. The van der Waals surface area contributed by atoms with E-state index >= 15 is 0 Å². The van der Waals surface area contributed by atoms with Gasteiger partial charge in [-0.3, -0.25) is 0 Å². The lowest BCUT2D eigenvalue weighted by Crippen LogP contribution is -2.16. The van der Waals surface area contributed by atoms with Crippen LogP contribution < -0.4 is 5.73 Å². The number of halogens is 1. The summed E-state index contributed by atoms with van der Waals surface area (Å²) in [6, 6.07) is 4.53. The summed E-state index contributed by atoms with van der Waals surface area (Å²) < 4.78 is 4.87. The van der Waals surface area contributed by atoms with E-state index < -0.39 is 0 Å². The van der Waals surface area contributed by atoms with Crippen molar-refractivity contribution in [3.05, 3.63) is 28.8 Å². The predicted octanol–water partition coefficient (Wildman–Crippen LogP) is 1.69. The van der Waals surface area contributed by atoms with Crippen molar-refractivity contribution in [3.63, 3.8) is 0 Å². The van der Waals surface area contributed by atoms with Crippen molar-refractivity contribution in [2.75, 3.05) is 13.7 Å². The Morgan fingerprint density at radius 1 is 1.62 bits per heavy atom. The van der Waals surface area contributed by atoms with E-state index in [0.717, 1.165) is 0 Å². The third-order valence-electron chi connectivity index (χ3n) is 1.74. The van der Waals surface area contributed by atoms with Gasteiger partial charge in [0.25, 0.3) is 0 Å². The van der Waals surface area contributed by atoms with Crippen LogP contribution in [-0.2, 0) is 4.74 Å². The summed E-state index contributed by atoms with van der Waals surface area (Å²) >= 11 is 5.67. The van der Waals surface area contributed by atoms with Crippen LogP contribution in [0.2, 0.25) is 5.02 Å². The van der Waals surface area contributed by atoms with E-state index in [-0.39, 0.29) is 11.8 Å². The molecule has 0 bridgehead atoms. The zero-order valence-electron chi connectivity index (χ0n) is 7.33. The molecule has 0 aliphatic carbocycles. The first-order chi connectivity index (χ1) is 6.15. The van der Waals surface area contributed by atoms with Crippen molar-refractivity contribution < 1.29 is 9.84 Å². The van der Waals surface area contributed by atoms with Crippen molar-refractivity contribution >= 4 is 11.6 Å². The molecule has 1 aromatic carbocycles. The molecule has 0 radical (unpaired) electrons. The molecule has 0 spiro atoms. The monoisotopic (exact) mass is 201 g/mol. The average molecular weight is 202 g/mol. The highest BCUT2D eigenvalue weighted by molar-refractivity contribution is 6.30. The molecular weight excluding hydrogens is 190 g/mol. The van der Waals surface area contributed by atoms with Crippen molar-refractivity contribution in [2.45, 2.75) is 6.04 Å². The lowest BCUT2D eigenvalue weighted by Gasteiger charge is -2.12. The molecule has 0 fully saturated rings. The van der Waals surface area contributed by atoms with E-state index in [4.69, 9.17) is 22.1 Å². The van der Waals surface area contributed by atoms with Gasteiger partial charge < -0.3 is 15.6 Å². The SMILES string of the molecule is COCC(N)c1ccc(Cl)cc1O. The van der Waals surface area contributed by atoms with Gasteiger partial charge >= 0.3 is 0 Å². The Bertz CT molecular complexity index is 291. The van der Waals surface area contributed by atoms with Crippen LogP contribution in [0, 0.1) is 0 Å². The number of phenols is 1. The molecule has 4 heteroatoms. The van der Waals surface area contributed by atoms with Crippen molar-refractivity contribution in [3.8, 4) is 5.75 Å².